The van der Waals surface area contributed by atoms with Gasteiger partial charge in [0.15, 0.2) is 0 Å². The first-order valence-electron chi connectivity index (χ1n) is 6.58. The zero-order valence-electron chi connectivity index (χ0n) is 11.4. The van der Waals surface area contributed by atoms with E-state index in [1.54, 1.807) is 30.3 Å². The average molecular weight is 318 g/mol. The van der Waals surface area contributed by atoms with Crippen LogP contribution in [-0.4, -0.2) is 21.9 Å². The summed E-state index contributed by atoms with van der Waals surface area (Å²) in [5.41, 5.74) is 2.02. The number of aromatic nitrogens is 1. The van der Waals surface area contributed by atoms with Gasteiger partial charge in [0.2, 0.25) is 5.91 Å². The number of anilines is 2. The fraction of sp³-hybridized carbons (Fsp3) is 0.133. The molecular formula is C15H12ClN3O3. The van der Waals surface area contributed by atoms with Gasteiger partial charge in [-0.05, 0) is 29.8 Å². The number of fused-ring (bicyclic) bond motifs is 1. The van der Waals surface area contributed by atoms with Crippen molar-refractivity contribution in [2.45, 2.75) is 13.0 Å². The third-order valence-corrected chi connectivity index (χ3v) is 3.69. The first-order chi connectivity index (χ1) is 10.6. The number of amides is 2. The van der Waals surface area contributed by atoms with Gasteiger partial charge in [-0.15, -0.1) is 0 Å². The molecule has 2 aromatic rings. The van der Waals surface area contributed by atoms with Crippen molar-refractivity contribution in [3.63, 3.8) is 0 Å². The minimum Gasteiger partial charge on any atom is -0.390 e. The van der Waals surface area contributed by atoms with E-state index in [4.69, 9.17) is 16.7 Å². The monoisotopic (exact) mass is 317 g/mol. The van der Waals surface area contributed by atoms with Gasteiger partial charge in [-0.1, -0.05) is 17.7 Å². The molecule has 6 nitrogen and oxygen atoms in total. The topological polar surface area (TPSA) is 91.3 Å². The second-order valence-electron chi connectivity index (χ2n) is 4.79. The minimum absolute atomic E-state index is 0.137. The van der Waals surface area contributed by atoms with Crippen LogP contribution in [0.3, 0.4) is 0 Å². The summed E-state index contributed by atoms with van der Waals surface area (Å²) in [7, 11) is 0. The van der Waals surface area contributed by atoms with Crippen molar-refractivity contribution in [1.82, 2.24) is 4.98 Å². The highest BCUT2D eigenvalue weighted by molar-refractivity contribution is 6.31. The van der Waals surface area contributed by atoms with Crippen LogP contribution in [0.25, 0.3) is 0 Å². The lowest BCUT2D eigenvalue weighted by Crippen LogP contribution is -2.15. The van der Waals surface area contributed by atoms with E-state index in [-0.39, 0.29) is 36.4 Å². The van der Waals surface area contributed by atoms with Crippen LogP contribution in [0.4, 0.5) is 11.5 Å². The third-order valence-electron chi connectivity index (χ3n) is 3.34. The normalized spacial score (nSPS) is 12.7. The van der Waals surface area contributed by atoms with Gasteiger partial charge >= 0.3 is 0 Å². The van der Waals surface area contributed by atoms with E-state index in [9.17, 15) is 9.59 Å². The molecule has 0 aliphatic carbocycles. The SMILES string of the molecule is O=C1Cc2c(cccc2C(=O)Nc2ccc(Cl)c(CO)n2)N1. The van der Waals surface area contributed by atoms with E-state index < -0.39 is 0 Å². The highest BCUT2D eigenvalue weighted by Crippen LogP contribution is 2.27. The van der Waals surface area contributed by atoms with E-state index in [1.165, 1.54) is 0 Å². The fourth-order valence-corrected chi connectivity index (χ4v) is 2.48. The second-order valence-corrected chi connectivity index (χ2v) is 5.20. The summed E-state index contributed by atoms with van der Waals surface area (Å²) < 4.78 is 0. The number of pyridine rings is 1. The van der Waals surface area contributed by atoms with Crippen LogP contribution in [0.15, 0.2) is 30.3 Å². The van der Waals surface area contributed by atoms with E-state index in [0.29, 0.717) is 21.8 Å². The maximum absolute atomic E-state index is 12.4. The largest absolute Gasteiger partial charge is 0.390 e. The van der Waals surface area contributed by atoms with Crippen LogP contribution in [0.5, 0.6) is 0 Å². The molecule has 0 saturated carbocycles. The number of benzene rings is 1. The van der Waals surface area contributed by atoms with Crippen molar-refractivity contribution in [3.8, 4) is 0 Å². The summed E-state index contributed by atoms with van der Waals surface area (Å²) in [6, 6.07) is 8.20. The van der Waals surface area contributed by atoms with Gasteiger partial charge in [-0.3, -0.25) is 9.59 Å². The Balaban J connectivity index is 1.87. The zero-order valence-corrected chi connectivity index (χ0v) is 12.1. The Morgan fingerprint density at radius 2 is 2.18 bits per heavy atom. The van der Waals surface area contributed by atoms with Gasteiger partial charge in [0.1, 0.15) is 5.82 Å². The van der Waals surface area contributed by atoms with Crippen molar-refractivity contribution >= 4 is 34.9 Å². The Morgan fingerprint density at radius 3 is 2.95 bits per heavy atom. The molecular weight excluding hydrogens is 306 g/mol. The van der Waals surface area contributed by atoms with Crippen LogP contribution < -0.4 is 10.6 Å². The predicted octanol–water partition coefficient (Wildman–Crippen LogP) is 1.97. The summed E-state index contributed by atoms with van der Waals surface area (Å²) in [5, 5.41) is 14.8. The molecule has 7 heteroatoms. The fourth-order valence-electron chi connectivity index (χ4n) is 2.31. The maximum Gasteiger partial charge on any atom is 0.257 e. The van der Waals surface area contributed by atoms with Crippen LogP contribution >= 0.6 is 11.6 Å². The predicted molar refractivity (Wildman–Crippen MR) is 81.9 cm³/mol. The number of halogens is 1. The van der Waals surface area contributed by atoms with Crippen molar-refractivity contribution < 1.29 is 14.7 Å². The summed E-state index contributed by atoms with van der Waals surface area (Å²) >= 11 is 5.86. The summed E-state index contributed by atoms with van der Waals surface area (Å²) in [6.45, 7) is -0.318. The molecule has 0 radical (unpaired) electrons. The molecule has 22 heavy (non-hydrogen) atoms. The smallest absolute Gasteiger partial charge is 0.257 e. The van der Waals surface area contributed by atoms with E-state index in [1.807, 2.05) is 0 Å². The maximum atomic E-state index is 12.4. The molecule has 1 aromatic carbocycles. The van der Waals surface area contributed by atoms with Gasteiger partial charge in [0, 0.05) is 11.3 Å². The standard InChI is InChI=1S/C15H12ClN3O3/c16-10-4-5-13(17-12(10)7-20)19-15(22)8-2-1-3-11-9(8)6-14(21)18-11/h1-5,20H,6-7H2,(H,18,21)(H,17,19,22). The lowest BCUT2D eigenvalue weighted by molar-refractivity contribution is -0.115. The number of aliphatic hydroxyl groups is 1. The molecule has 1 aliphatic heterocycles. The Labute approximate surface area is 131 Å². The minimum atomic E-state index is -0.368. The Hall–Kier alpha value is -2.44. The molecule has 0 atom stereocenters. The van der Waals surface area contributed by atoms with Crippen molar-refractivity contribution in [1.29, 1.82) is 0 Å². The van der Waals surface area contributed by atoms with Crippen LogP contribution in [0.2, 0.25) is 5.02 Å². The van der Waals surface area contributed by atoms with Gasteiger partial charge in [-0.25, -0.2) is 4.98 Å². The first kappa shape index (κ1) is 14.5. The molecule has 0 saturated heterocycles. The number of rotatable bonds is 3. The van der Waals surface area contributed by atoms with Crippen molar-refractivity contribution in [2.24, 2.45) is 0 Å². The molecule has 112 valence electrons. The Kier molecular flexibility index (Phi) is 3.79. The molecule has 0 fully saturated rings. The third kappa shape index (κ3) is 2.66. The van der Waals surface area contributed by atoms with Crippen LogP contribution in [0.1, 0.15) is 21.6 Å². The Bertz CT molecular complexity index is 777. The number of nitrogens with one attached hydrogen (secondary N) is 2. The number of hydrogen-bond donors (Lipinski definition) is 3. The molecule has 0 bridgehead atoms. The molecule has 3 rings (SSSR count). The van der Waals surface area contributed by atoms with Gasteiger partial charge in [-0.2, -0.15) is 0 Å². The summed E-state index contributed by atoms with van der Waals surface area (Å²) in [6.07, 6.45) is 0.175. The number of hydrogen-bond acceptors (Lipinski definition) is 4. The lowest BCUT2D eigenvalue weighted by atomic mass is 10.0. The number of nitrogens with zero attached hydrogens (tertiary/aromatic N) is 1. The first-order valence-corrected chi connectivity index (χ1v) is 6.95. The summed E-state index contributed by atoms with van der Waals surface area (Å²) in [5.74, 6) is -0.220. The van der Waals surface area contributed by atoms with Crippen molar-refractivity contribution in [2.75, 3.05) is 10.6 Å². The zero-order chi connectivity index (χ0) is 15.7. The number of carbonyl (C=O) groups excluding carboxylic acids is 2. The summed E-state index contributed by atoms with van der Waals surface area (Å²) in [4.78, 5) is 27.9. The van der Waals surface area contributed by atoms with E-state index in [2.05, 4.69) is 15.6 Å². The van der Waals surface area contributed by atoms with Gasteiger partial charge in [0.25, 0.3) is 5.91 Å². The highest BCUT2D eigenvalue weighted by Gasteiger charge is 2.23. The van der Waals surface area contributed by atoms with Crippen molar-refractivity contribution in [3.05, 3.63) is 52.2 Å². The molecule has 2 heterocycles. The number of aliphatic hydroxyl groups excluding tert-OH is 1. The number of carbonyl (C=O) groups is 2. The van der Waals surface area contributed by atoms with Gasteiger partial charge < -0.3 is 15.7 Å². The molecule has 0 spiro atoms. The highest BCUT2D eigenvalue weighted by atomic mass is 35.5. The van der Waals surface area contributed by atoms with Crippen LogP contribution in [0, 0.1) is 0 Å². The second kappa shape index (κ2) is 5.75. The molecule has 0 unspecified atom stereocenters. The van der Waals surface area contributed by atoms with E-state index in [0.717, 1.165) is 0 Å². The molecule has 2 amide bonds. The van der Waals surface area contributed by atoms with E-state index >= 15 is 0 Å². The average Bonchev–Trinajstić information content (AvgIpc) is 2.89. The quantitative estimate of drug-likeness (QED) is 0.807. The van der Waals surface area contributed by atoms with Gasteiger partial charge in [0.05, 0.1) is 23.7 Å². The molecule has 1 aromatic heterocycles. The Morgan fingerprint density at radius 1 is 1.36 bits per heavy atom. The lowest BCUT2D eigenvalue weighted by Gasteiger charge is -2.09. The molecule has 3 N–H and O–H groups in total. The van der Waals surface area contributed by atoms with Crippen LogP contribution in [-0.2, 0) is 17.8 Å². The molecule has 1 aliphatic rings.